The first-order chi connectivity index (χ1) is 20.4. The quantitative estimate of drug-likeness (QED) is 0.0600. The fraction of sp³-hybridized carbons (Fsp3) is 0.222. The van der Waals surface area contributed by atoms with Crippen molar-refractivity contribution in [2.45, 2.75) is 31.0 Å². The average molecular weight is 613 g/mol. The number of aliphatic carboxylic acids is 1. The SMILES string of the molecule is NC(=NCC(C[C@@H](NC(=O)C(c1ccccc1)c1ccccc1)C(=O)O)N(Cc1ccccc1)NS(N)(=O)=O)N[N+](=O)[O-]. The molecule has 8 N–H and O–H groups in total. The van der Waals surface area contributed by atoms with Gasteiger partial charge in [0, 0.05) is 12.6 Å². The lowest BCUT2D eigenvalue weighted by Gasteiger charge is -2.32. The summed E-state index contributed by atoms with van der Waals surface area (Å²) in [5, 5.41) is 28.9. The zero-order chi connectivity index (χ0) is 31.4. The topological polar surface area (TPSA) is 235 Å². The zero-order valence-electron chi connectivity index (χ0n) is 22.8. The molecule has 0 aliphatic rings. The molecule has 0 bridgehead atoms. The minimum atomic E-state index is -4.37. The van der Waals surface area contributed by atoms with E-state index in [9.17, 15) is 33.2 Å². The van der Waals surface area contributed by atoms with Crippen LogP contribution in [-0.2, 0) is 26.3 Å². The molecule has 2 atom stereocenters. The van der Waals surface area contributed by atoms with Gasteiger partial charge in [0.1, 0.15) is 6.04 Å². The number of hydrogen-bond donors (Lipinski definition) is 6. The molecule has 3 rings (SSSR count). The van der Waals surface area contributed by atoms with Crippen LogP contribution in [0.25, 0.3) is 0 Å². The fourth-order valence-electron chi connectivity index (χ4n) is 4.35. The molecule has 43 heavy (non-hydrogen) atoms. The van der Waals surface area contributed by atoms with Crippen molar-refractivity contribution in [2.24, 2.45) is 15.9 Å². The third-order valence-corrected chi connectivity index (χ3v) is 6.70. The Hall–Kier alpha value is -4.90. The predicted molar refractivity (Wildman–Crippen MR) is 158 cm³/mol. The van der Waals surface area contributed by atoms with Crippen molar-refractivity contribution < 1.29 is 28.1 Å². The van der Waals surface area contributed by atoms with E-state index in [1.54, 1.807) is 96.4 Å². The Kier molecular flexibility index (Phi) is 11.7. The summed E-state index contributed by atoms with van der Waals surface area (Å²) >= 11 is 0. The minimum absolute atomic E-state index is 0.100. The molecule has 15 nitrogen and oxygen atoms in total. The number of rotatable bonds is 15. The highest BCUT2D eigenvalue weighted by Gasteiger charge is 2.32. The maximum absolute atomic E-state index is 13.7. The summed E-state index contributed by atoms with van der Waals surface area (Å²) in [6.45, 7) is -0.514. The van der Waals surface area contributed by atoms with Crippen LogP contribution in [0, 0.1) is 10.1 Å². The Balaban J connectivity index is 1.97. The third kappa shape index (κ3) is 10.8. The van der Waals surface area contributed by atoms with Gasteiger partial charge in [0.2, 0.25) is 5.91 Å². The number of hydrogen-bond acceptors (Lipinski definition) is 8. The van der Waals surface area contributed by atoms with E-state index in [1.807, 2.05) is 0 Å². The first-order valence-electron chi connectivity index (χ1n) is 12.9. The number of benzene rings is 3. The van der Waals surface area contributed by atoms with Gasteiger partial charge in [-0.05, 0) is 23.1 Å². The van der Waals surface area contributed by atoms with E-state index in [0.29, 0.717) is 16.7 Å². The first-order valence-corrected chi connectivity index (χ1v) is 14.4. The molecular weight excluding hydrogens is 580 g/mol. The highest BCUT2D eigenvalue weighted by atomic mass is 32.2. The van der Waals surface area contributed by atoms with Gasteiger partial charge in [-0.25, -0.2) is 30.0 Å². The highest BCUT2D eigenvalue weighted by molar-refractivity contribution is 7.87. The minimum Gasteiger partial charge on any atom is -0.480 e. The van der Waals surface area contributed by atoms with Crippen LogP contribution in [0.15, 0.2) is 96.0 Å². The van der Waals surface area contributed by atoms with E-state index in [1.165, 1.54) is 0 Å². The number of carbonyl (C=O) groups excluding carboxylic acids is 1. The number of carbonyl (C=O) groups is 2. The molecule has 0 saturated carbocycles. The molecule has 16 heteroatoms. The lowest BCUT2D eigenvalue weighted by molar-refractivity contribution is -0.525. The largest absolute Gasteiger partial charge is 0.480 e. The van der Waals surface area contributed by atoms with E-state index in [-0.39, 0.29) is 6.54 Å². The number of nitrogens with zero attached hydrogens (tertiary/aromatic N) is 3. The number of amides is 1. The van der Waals surface area contributed by atoms with Gasteiger partial charge < -0.3 is 16.2 Å². The molecule has 3 aromatic carbocycles. The fourth-order valence-corrected chi connectivity index (χ4v) is 4.89. The Morgan fingerprint density at radius 3 is 1.93 bits per heavy atom. The molecule has 1 amide bonds. The molecule has 3 aromatic rings. The van der Waals surface area contributed by atoms with E-state index < -0.39 is 64.0 Å². The summed E-state index contributed by atoms with van der Waals surface area (Å²) in [6.07, 6.45) is -0.401. The molecule has 228 valence electrons. The average Bonchev–Trinajstić information content (AvgIpc) is 2.95. The van der Waals surface area contributed by atoms with Gasteiger partial charge in [-0.3, -0.25) is 4.79 Å². The Labute approximate surface area is 247 Å². The van der Waals surface area contributed by atoms with E-state index >= 15 is 0 Å². The molecule has 0 aliphatic carbocycles. The van der Waals surface area contributed by atoms with Crippen molar-refractivity contribution in [3.05, 3.63) is 118 Å². The van der Waals surface area contributed by atoms with Crippen LogP contribution >= 0.6 is 0 Å². The molecule has 0 heterocycles. The lowest BCUT2D eigenvalue weighted by Crippen LogP contribution is -2.55. The summed E-state index contributed by atoms with van der Waals surface area (Å²) < 4.78 is 24.2. The van der Waals surface area contributed by atoms with E-state index in [0.717, 1.165) is 5.01 Å². The van der Waals surface area contributed by atoms with Crippen LogP contribution < -0.4 is 26.4 Å². The third-order valence-electron chi connectivity index (χ3n) is 6.21. The monoisotopic (exact) mass is 612 g/mol. The van der Waals surface area contributed by atoms with Gasteiger partial charge in [0.25, 0.3) is 16.2 Å². The molecule has 0 saturated heterocycles. The second-order valence-electron chi connectivity index (χ2n) is 9.39. The van der Waals surface area contributed by atoms with Crippen molar-refractivity contribution >= 4 is 28.0 Å². The van der Waals surface area contributed by atoms with Crippen LogP contribution in [0.4, 0.5) is 0 Å². The van der Waals surface area contributed by atoms with E-state index in [2.05, 4.69) is 15.1 Å². The Morgan fingerprint density at radius 1 is 0.953 bits per heavy atom. The number of hydrazine groups is 2. The summed E-state index contributed by atoms with van der Waals surface area (Å²) in [4.78, 5) is 43.0. The molecule has 0 radical (unpaired) electrons. The summed E-state index contributed by atoms with van der Waals surface area (Å²) in [5.41, 5.74) is 9.11. The van der Waals surface area contributed by atoms with Crippen molar-refractivity contribution in [3.8, 4) is 0 Å². The zero-order valence-corrected chi connectivity index (χ0v) is 23.6. The number of nitro groups is 1. The van der Waals surface area contributed by atoms with Crippen LogP contribution in [0.1, 0.15) is 29.0 Å². The summed E-state index contributed by atoms with van der Waals surface area (Å²) in [6, 6.07) is 23.5. The molecule has 0 spiro atoms. The number of carboxylic acid groups (broad SMARTS) is 1. The summed E-state index contributed by atoms with van der Waals surface area (Å²) in [5.74, 6) is -3.48. The standard InChI is InChI=1S/C27H32N8O7S/c28-27(32-35(39)40)30-17-22(34(33-43(29,41)42)18-19-10-4-1-5-11-19)16-23(26(37)38)31-25(36)24(20-12-6-2-7-13-20)21-14-8-3-9-15-21/h1-15,22-24,33H,16-18H2,(H,31,36)(H,37,38)(H3,28,30,32)(H2,29,41,42)/t22?,23-/m1/s1. The molecular formula is C27H32N8O7S. The lowest BCUT2D eigenvalue weighted by atomic mass is 9.90. The Bertz CT molecular complexity index is 1470. The second kappa shape index (κ2) is 15.4. The number of aliphatic imine (C=N–C) groups is 1. The number of carboxylic acids is 1. The van der Waals surface area contributed by atoms with Crippen LogP contribution in [0.2, 0.25) is 0 Å². The molecule has 0 fully saturated rings. The Morgan fingerprint density at radius 2 is 1.47 bits per heavy atom. The van der Waals surface area contributed by atoms with Gasteiger partial charge in [-0.1, -0.05) is 96.4 Å². The first kappa shape index (κ1) is 32.6. The van der Waals surface area contributed by atoms with Crippen molar-refractivity contribution in [3.63, 3.8) is 0 Å². The van der Waals surface area contributed by atoms with E-state index in [4.69, 9.17) is 10.9 Å². The van der Waals surface area contributed by atoms with Gasteiger partial charge in [0.05, 0.1) is 12.5 Å². The molecule has 0 aromatic heterocycles. The second-order valence-corrected chi connectivity index (χ2v) is 10.7. The maximum atomic E-state index is 13.7. The van der Waals surface area contributed by atoms with Gasteiger partial charge in [-0.2, -0.15) is 8.42 Å². The smallest absolute Gasteiger partial charge is 0.326 e. The number of guanidine groups is 1. The van der Waals surface area contributed by atoms with Crippen LogP contribution in [-0.4, -0.2) is 60.0 Å². The van der Waals surface area contributed by atoms with Gasteiger partial charge in [-0.15, -0.1) is 4.83 Å². The van der Waals surface area contributed by atoms with Gasteiger partial charge >= 0.3 is 5.97 Å². The number of nitrogens with two attached hydrogens (primary N) is 2. The van der Waals surface area contributed by atoms with Crippen molar-refractivity contribution in [2.75, 3.05) is 6.54 Å². The molecule has 1 unspecified atom stereocenters. The van der Waals surface area contributed by atoms with Crippen molar-refractivity contribution in [1.29, 1.82) is 0 Å². The predicted octanol–water partition coefficient (Wildman–Crippen LogP) is 0.453. The maximum Gasteiger partial charge on any atom is 0.326 e. The van der Waals surface area contributed by atoms with Crippen molar-refractivity contribution in [1.82, 2.24) is 20.6 Å². The molecule has 0 aliphatic heterocycles. The number of nitrogens with one attached hydrogen (secondary N) is 3. The highest BCUT2D eigenvalue weighted by Crippen LogP contribution is 2.25. The van der Waals surface area contributed by atoms with Gasteiger partial charge in [0.15, 0.2) is 5.03 Å². The van der Waals surface area contributed by atoms with Crippen LogP contribution in [0.5, 0.6) is 0 Å². The van der Waals surface area contributed by atoms with Crippen LogP contribution in [0.3, 0.4) is 0 Å². The summed E-state index contributed by atoms with van der Waals surface area (Å²) in [7, 11) is -4.37. The normalized spacial score (nSPS) is 13.3.